The molecule has 0 spiro atoms. The van der Waals surface area contributed by atoms with Gasteiger partial charge in [-0.2, -0.15) is 10.5 Å². The lowest BCUT2D eigenvalue weighted by Crippen LogP contribution is -2.31. The molecule has 1 aromatic heterocycles. The van der Waals surface area contributed by atoms with Gasteiger partial charge in [-0.05, 0) is 49.2 Å². The molecular weight excluding hydrogens is 380 g/mol. The highest BCUT2D eigenvalue weighted by molar-refractivity contribution is 7.07. The third-order valence-corrected chi connectivity index (χ3v) is 5.19. The molecule has 3 aromatic rings. The van der Waals surface area contributed by atoms with Gasteiger partial charge < -0.3 is 0 Å². The Morgan fingerprint density at radius 1 is 1.07 bits per heavy atom. The molecule has 0 radical (unpaired) electrons. The van der Waals surface area contributed by atoms with Crippen molar-refractivity contribution in [1.82, 2.24) is 4.57 Å². The number of nitriles is 2. The average Bonchev–Trinajstić information content (AvgIpc) is 2.96. The Balaban J connectivity index is 2.41. The van der Waals surface area contributed by atoms with E-state index in [0.29, 0.717) is 11.3 Å². The topological polar surface area (TPSA) is 69.6 Å². The highest BCUT2D eigenvalue weighted by Gasteiger charge is 2.13. The maximum Gasteiger partial charge on any atom is 0.273 e. The predicted octanol–water partition coefficient (Wildman–Crippen LogP) is 2.82. The van der Waals surface area contributed by atoms with Crippen molar-refractivity contribution in [3.8, 4) is 17.8 Å². The zero-order valence-electron chi connectivity index (χ0n) is 15.0. The van der Waals surface area contributed by atoms with Crippen LogP contribution in [0.25, 0.3) is 17.3 Å². The van der Waals surface area contributed by atoms with Crippen LogP contribution in [0.5, 0.6) is 0 Å². The van der Waals surface area contributed by atoms with E-state index in [1.807, 2.05) is 38.1 Å². The number of nitrogens with zero attached hydrogens (tertiary/aromatic N) is 3. The predicted molar refractivity (Wildman–Crippen MR) is 103 cm³/mol. The number of aromatic nitrogens is 1. The summed E-state index contributed by atoms with van der Waals surface area (Å²) in [4.78, 5) is 13.1. The average molecular weight is 393 g/mol. The van der Waals surface area contributed by atoms with Gasteiger partial charge in [0.1, 0.15) is 16.8 Å². The summed E-state index contributed by atoms with van der Waals surface area (Å²) in [6.45, 7) is 3.74. The molecule has 0 fully saturated rings. The van der Waals surface area contributed by atoms with Crippen molar-refractivity contribution in [1.29, 1.82) is 10.5 Å². The van der Waals surface area contributed by atoms with Crippen LogP contribution in [0, 0.1) is 48.1 Å². The van der Waals surface area contributed by atoms with E-state index in [0.717, 1.165) is 34.6 Å². The second-order valence-electron chi connectivity index (χ2n) is 6.12. The summed E-state index contributed by atoms with van der Waals surface area (Å²) in [7, 11) is 0. The summed E-state index contributed by atoms with van der Waals surface area (Å²) in [5.74, 6) is -2.01. The van der Waals surface area contributed by atoms with E-state index < -0.39 is 17.2 Å². The largest absolute Gasteiger partial charge is 0.273 e. The van der Waals surface area contributed by atoms with Crippen LogP contribution in [0.3, 0.4) is 0 Å². The Bertz CT molecular complexity index is 1340. The fourth-order valence-electron chi connectivity index (χ4n) is 2.80. The first-order valence-electron chi connectivity index (χ1n) is 8.16. The molecule has 0 aliphatic carbocycles. The van der Waals surface area contributed by atoms with Gasteiger partial charge in [0.25, 0.3) is 5.56 Å². The minimum absolute atomic E-state index is 0.191. The summed E-state index contributed by atoms with van der Waals surface area (Å²) in [6, 6.07) is 12.4. The molecule has 0 unspecified atom stereocenters. The third-order valence-electron chi connectivity index (χ3n) is 4.10. The number of aryl methyl sites for hydroxylation is 2. The Morgan fingerprint density at radius 2 is 1.79 bits per heavy atom. The van der Waals surface area contributed by atoms with Crippen LogP contribution >= 0.6 is 11.3 Å². The summed E-state index contributed by atoms with van der Waals surface area (Å²) >= 11 is 0.953. The van der Waals surface area contributed by atoms with E-state index in [1.165, 1.54) is 16.7 Å². The van der Waals surface area contributed by atoms with E-state index in [9.17, 15) is 24.1 Å². The monoisotopic (exact) mass is 393 g/mol. The fourth-order valence-corrected chi connectivity index (χ4v) is 3.85. The van der Waals surface area contributed by atoms with Gasteiger partial charge in [-0.15, -0.1) is 11.3 Å². The minimum Gasteiger partial charge on any atom is -0.267 e. The number of rotatable bonds is 2. The van der Waals surface area contributed by atoms with Crippen molar-refractivity contribution < 1.29 is 8.78 Å². The molecule has 28 heavy (non-hydrogen) atoms. The van der Waals surface area contributed by atoms with E-state index in [-0.39, 0.29) is 14.8 Å². The lowest BCUT2D eigenvalue weighted by atomic mass is 10.1. The van der Waals surface area contributed by atoms with Crippen LogP contribution < -0.4 is 14.8 Å². The normalized spacial score (nSPS) is 11.1. The second-order valence-corrected chi connectivity index (χ2v) is 7.15. The van der Waals surface area contributed by atoms with E-state index >= 15 is 0 Å². The number of hydrogen-bond donors (Lipinski definition) is 0. The van der Waals surface area contributed by atoms with Gasteiger partial charge in [-0.3, -0.25) is 9.36 Å². The van der Waals surface area contributed by atoms with Crippen LogP contribution in [0.4, 0.5) is 8.78 Å². The van der Waals surface area contributed by atoms with E-state index in [4.69, 9.17) is 0 Å². The van der Waals surface area contributed by atoms with Crippen molar-refractivity contribution in [2.75, 3.05) is 0 Å². The number of benzene rings is 2. The third kappa shape index (κ3) is 3.48. The Morgan fingerprint density at radius 3 is 2.39 bits per heavy atom. The van der Waals surface area contributed by atoms with Crippen molar-refractivity contribution in [3.05, 3.63) is 84.3 Å². The van der Waals surface area contributed by atoms with E-state index in [1.54, 1.807) is 6.07 Å². The molecule has 0 bridgehead atoms. The molecule has 7 heteroatoms. The van der Waals surface area contributed by atoms with Crippen molar-refractivity contribution >= 4 is 23.0 Å². The first kappa shape index (κ1) is 19.2. The molecule has 0 N–H and O–H groups in total. The fraction of sp³-hybridized carbons (Fsp3) is 0.0952. The molecular formula is C21H13F2N3OS. The molecule has 0 atom stereocenters. The Hall–Kier alpha value is -3.55. The van der Waals surface area contributed by atoms with Crippen LogP contribution in [0.15, 0.2) is 41.2 Å². The second kappa shape index (κ2) is 7.59. The number of halogens is 2. The van der Waals surface area contributed by atoms with Crippen LogP contribution in [-0.4, -0.2) is 4.57 Å². The van der Waals surface area contributed by atoms with Crippen molar-refractivity contribution in [2.24, 2.45) is 0 Å². The van der Waals surface area contributed by atoms with Gasteiger partial charge in [0.2, 0.25) is 0 Å². The number of thiazole rings is 1. The zero-order valence-corrected chi connectivity index (χ0v) is 15.8. The Labute approximate surface area is 163 Å². The van der Waals surface area contributed by atoms with Crippen molar-refractivity contribution in [3.63, 3.8) is 0 Å². The molecule has 3 rings (SSSR count). The first-order chi connectivity index (χ1) is 13.3. The van der Waals surface area contributed by atoms with Crippen LogP contribution in [0.1, 0.15) is 16.7 Å². The number of hydrogen-bond acceptors (Lipinski definition) is 4. The maximum absolute atomic E-state index is 13.5. The lowest BCUT2D eigenvalue weighted by molar-refractivity contribution is 0.508. The molecule has 0 amide bonds. The summed E-state index contributed by atoms with van der Waals surface area (Å²) in [5.41, 5.74) is 2.01. The standard InChI is InChI=1S/C21H13F2N3OS/c1-12-3-6-18(13(2)7-12)26-20(27)19(28-21(26)15(10-24)11-25)9-14-4-5-16(22)17(23)8-14/h3-9H,1-2H3/b19-9+. The minimum atomic E-state index is -1.03. The SMILES string of the molecule is Cc1ccc(-n2c(=C(C#N)C#N)s/c(=C/c3ccc(F)c(F)c3)c2=O)c(C)c1. The molecule has 4 nitrogen and oxygen atoms in total. The van der Waals surface area contributed by atoms with Gasteiger partial charge >= 0.3 is 0 Å². The van der Waals surface area contributed by atoms with Gasteiger partial charge in [-0.1, -0.05) is 23.8 Å². The van der Waals surface area contributed by atoms with Crippen LogP contribution in [-0.2, 0) is 0 Å². The summed E-state index contributed by atoms with van der Waals surface area (Å²) in [6.07, 6.45) is 1.41. The molecule has 138 valence electrons. The summed E-state index contributed by atoms with van der Waals surface area (Å²) in [5, 5.41) is 18.6. The smallest absolute Gasteiger partial charge is 0.267 e. The molecule has 0 saturated carbocycles. The molecule has 2 aromatic carbocycles. The first-order valence-corrected chi connectivity index (χ1v) is 8.98. The highest BCUT2D eigenvalue weighted by atomic mass is 32.1. The molecule has 0 aliphatic rings. The summed E-state index contributed by atoms with van der Waals surface area (Å²) < 4.78 is 28.3. The zero-order chi connectivity index (χ0) is 20.4. The van der Waals surface area contributed by atoms with Gasteiger partial charge in [0, 0.05) is 0 Å². The van der Waals surface area contributed by atoms with Gasteiger partial charge in [0.15, 0.2) is 17.2 Å². The van der Waals surface area contributed by atoms with Crippen molar-refractivity contribution in [2.45, 2.75) is 13.8 Å². The molecule has 1 heterocycles. The molecule has 0 saturated heterocycles. The maximum atomic E-state index is 13.5. The highest BCUT2D eigenvalue weighted by Crippen LogP contribution is 2.13. The molecule has 0 aliphatic heterocycles. The Kier molecular flexibility index (Phi) is 5.21. The van der Waals surface area contributed by atoms with Gasteiger partial charge in [-0.25, -0.2) is 8.78 Å². The van der Waals surface area contributed by atoms with Crippen LogP contribution in [0.2, 0.25) is 0 Å². The lowest BCUT2D eigenvalue weighted by Gasteiger charge is -2.07. The van der Waals surface area contributed by atoms with Gasteiger partial charge in [0.05, 0.1) is 10.2 Å². The van der Waals surface area contributed by atoms with E-state index in [2.05, 4.69) is 0 Å². The quantitative estimate of drug-likeness (QED) is 0.672.